The molecule has 0 amide bonds. The van der Waals surface area contributed by atoms with Gasteiger partial charge in [-0.2, -0.15) is 0 Å². The Morgan fingerprint density at radius 3 is 2.30 bits per heavy atom. The largest absolute Gasteiger partial charge is 0.496 e. The molecule has 0 saturated heterocycles. The molecule has 3 nitrogen and oxygen atoms in total. The average molecular weight is 441 g/mol. The number of ether oxygens (including phenoxy) is 1. The quantitative estimate of drug-likeness (QED) is 0.361. The Bertz CT molecular complexity index is 1140. The summed E-state index contributed by atoms with van der Waals surface area (Å²) in [6.45, 7) is 4.50. The molecule has 0 aliphatic carbocycles. The predicted octanol–water partition coefficient (Wildman–Crippen LogP) is 6.37. The number of fused-ring (bicyclic) bond motifs is 1. The maximum Gasteiger partial charge on any atom is 0.123 e. The molecule has 0 spiro atoms. The van der Waals surface area contributed by atoms with Crippen molar-refractivity contribution >= 4 is 34.9 Å². The summed E-state index contributed by atoms with van der Waals surface area (Å²) in [5, 5.41) is 5.68. The summed E-state index contributed by atoms with van der Waals surface area (Å²) < 4.78 is 7.82. The van der Waals surface area contributed by atoms with E-state index >= 15 is 0 Å². The van der Waals surface area contributed by atoms with Crippen LogP contribution in [0.5, 0.6) is 5.75 Å². The summed E-state index contributed by atoms with van der Waals surface area (Å²) >= 11 is 6.43. The molecule has 3 aromatic carbocycles. The summed E-state index contributed by atoms with van der Waals surface area (Å²) in [5.41, 5.74) is 6.11. The zero-order chi connectivity index (χ0) is 20.2. The minimum absolute atomic E-state index is 0. The van der Waals surface area contributed by atoms with E-state index in [9.17, 15) is 0 Å². The highest BCUT2D eigenvalue weighted by molar-refractivity contribution is 6.31. The van der Waals surface area contributed by atoms with Gasteiger partial charge in [0, 0.05) is 46.8 Å². The molecule has 5 heteroatoms. The number of nitrogens with zero attached hydrogens (tertiary/aromatic N) is 1. The summed E-state index contributed by atoms with van der Waals surface area (Å²) in [4.78, 5) is 0. The normalized spacial score (nSPS) is 10.8. The van der Waals surface area contributed by atoms with Crippen LogP contribution >= 0.6 is 24.0 Å². The van der Waals surface area contributed by atoms with Crippen molar-refractivity contribution in [3.05, 3.63) is 100 Å². The zero-order valence-corrected chi connectivity index (χ0v) is 18.8. The van der Waals surface area contributed by atoms with Gasteiger partial charge in [0.1, 0.15) is 5.75 Å². The molecule has 1 heterocycles. The smallest absolute Gasteiger partial charge is 0.123 e. The Labute approximate surface area is 189 Å². The van der Waals surface area contributed by atoms with E-state index in [-0.39, 0.29) is 12.4 Å². The van der Waals surface area contributed by atoms with Gasteiger partial charge in [-0.05, 0) is 36.2 Å². The minimum Gasteiger partial charge on any atom is -0.496 e. The van der Waals surface area contributed by atoms with Crippen molar-refractivity contribution in [3.8, 4) is 5.75 Å². The van der Waals surface area contributed by atoms with E-state index < -0.39 is 0 Å². The molecule has 156 valence electrons. The fourth-order valence-electron chi connectivity index (χ4n) is 3.90. The molecule has 0 saturated carbocycles. The van der Waals surface area contributed by atoms with Crippen LogP contribution in [0, 0.1) is 6.92 Å². The van der Waals surface area contributed by atoms with Crippen LogP contribution in [0.1, 0.15) is 22.4 Å². The first kappa shape index (κ1) is 22.2. The lowest BCUT2D eigenvalue weighted by Crippen LogP contribution is -2.14. The lowest BCUT2D eigenvalue weighted by molar-refractivity contribution is 0.407. The molecule has 1 N–H and O–H groups in total. The molecule has 0 fully saturated rings. The maximum absolute atomic E-state index is 6.43. The first-order chi connectivity index (χ1) is 14.2. The number of para-hydroxylation sites is 2. The number of benzene rings is 3. The molecule has 0 aliphatic heterocycles. The predicted molar refractivity (Wildman–Crippen MR) is 128 cm³/mol. The molecule has 30 heavy (non-hydrogen) atoms. The Morgan fingerprint density at radius 1 is 0.867 bits per heavy atom. The Kier molecular flexibility index (Phi) is 7.43. The molecule has 4 aromatic rings. The molecular formula is C25H26Cl2N2O. The van der Waals surface area contributed by atoms with Gasteiger partial charge in [-0.15, -0.1) is 12.4 Å². The van der Waals surface area contributed by atoms with Crippen LogP contribution in [-0.4, -0.2) is 11.7 Å². The summed E-state index contributed by atoms with van der Waals surface area (Å²) in [6, 6.07) is 24.8. The molecule has 0 atom stereocenters. The van der Waals surface area contributed by atoms with E-state index in [2.05, 4.69) is 53.2 Å². The second kappa shape index (κ2) is 10.0. The van der Waals surface area contributed by atoms with Gasteiger partial charge in [0.2, 0.25) is 0 Å². The van der Waals surface area contributed by atoms with E-state index in [1.165, 1.54) is 22.2 Å². The van der Waals surface area contributed by atoms with Crippen molar-refractivity contribution in [2.45, 2.75) is 26.6 Å². The fourth-order valence-corrected chi connectivity index (χ4v) is 4.09. The monoisotopic (exact) mass is 440 g/mol. The molecule has 0 unspecified atom stereocenters. The summed E-state index contributed by atoms with van der Waals surface area (Å²) in [7, 11) is 1.71. The van der Waals surface area contributed by atoms with Crippen molar-refractivity contribution in [1.82, 2.24) is 9.88 Å². The van der Waals surface area contributed by atoms with Crippen LogP contribution in [0.15, 0.2) is 72.8 Å². The van der Waals surface area contributed by atoms with Crippen molar-refractivity contribution in [2.24, 2.45) is 0 Å². The van der Waals surface area contributed by atoms with Crippen LogP contribution in [0.4, 0.5) is 0 Å². The summed E-state index contributed by atoms with van der Waals surface area (Å²) in [6.07, 6.45) is 0. The van der Waals surface area contributed by atoms with Crippen LogP contribution in [0.25, 0.3) is 10.9 Å². The van der Waals surface area contributed by atoms with Gasteiger partial charge in [-0.3, -0.25) is 0 Å². The van der Waals surface area contributed by atoms with Gasteiger partial charge in [0.05, 0.1) is 7.11 Å². The van der Waals surface area contributed by atoms with E-state index in [0.717, 1.165) is 41.5 Å². The fraction of sp³-hybridized carbons (Fsp3) is 0.200. The maximum atomic E-state index is 6.43. The van der Waals surface area contributed by atoms with Crippen molar-refractivity contribution in [2.75, 3.05) is 7.11 Å². The Morgan fingerprint density at radius 2 is 1.53 bits per heavy atom. The van der Waals surface area contributed by atoms with Gasteiger partial charge >= 0.3 is 0 Å². The highest BCUT2D eigenvalue weighted by Crippen LogP contribution is 2.28. The summed E-state index contributed by atoms with van der Waals surface area (Å²) in [5.74, 6) is 0.915. The van der Waals surface area contributed by atoms with Gasteiger partial charge in [-0.25, -0.2) is 0 Å². The number of rotatable bonds is 7. The van der Waals surface area contributed by atoms with Crippen molar-refractivity contribution < 1.29 is 4.74 Å². The second-order valence-electron chi connectivity index (χ2n) is 7.17. The second-order valence-corrected chi connectivity index (χ2v) is 7.58. The van der Waals surface area contributed by atoms with Crippen molar-refractivity contribution in [3.63, 3.8) is 0 Å². The number of aromatic nitrogens is 1. The highest BCUT2D eigenvalue weighted by Gasteiger charge is 2.14. The molecule has 4 rings (SSSR count). The van der Waals surface area contributed by atoms with Crippen LogP contribution in [0.3, 0.4) is 0 Å². The van der Waals surface area contributed by atoms with Crippen LogP contribution < -0.4 is 10.1 Å². The van der Waals surface area contributed by atoms with E-state index in [4.69, 9.17) is 16.3 Å². The van der Waals surface area contributed by atoms with Gasteiger partial charge in [0.25, 0.3) is 0 Å². The third kappa shape index (κ3) is 4.49. The topological polar surface area (TPSA) is 26.2 Å². The Balaban J connectivity index is 0.00000256. The number of nitrogens with one attached hydrogen (secondary N) is 1. The lowest BCUT2D eigenvalue weighted by Gasteiger charge is -2.11. The van der Waals surface area contributed by atoms with Gasteiger partial charge in [-0.1, -0.05) is 66.2 Å². The van der Waals surface area contributed by atoms with Gasteiger partial charge < -0.3 is 14.6 Å². The standard InChI is InChI=1S/C25H25ClN2O.ClH/c1-18-22(16-27-15-19-9-4-8-14-25(19)29-2)21-11-5-7-13-24(21)28(18)17-20-10-3-6-12-23(20)26;/h3-14,27H,15-17H2,1-2H3;1H. The average Bonchev–Trinajstić information content (AvgIpc) is 3.01. The lowest BCUT2D eigenvalue weighted by atomic mass is 10.1. The number of methoxy groups -OCH3 is 1. The first-order valence-electron chi connectivity index (χ1n) is 9.81. The molecular weight excluding hydrogens is 415 g/mol. The molecule has 0 bridgehead atoms. The molecule has 0 radical (unpaired) electrons. The van der Waals surface area contributed by atoms with Gasteiger partial charge in [0.15, 0.2) is 0 Å². The Hall–Kier alpha value is -2.46. The number of hydrogen-bond donors (Lipinski definition) is 1. The number of halogens is 2. The number of hydrogen-bond acceptors (Lipinski definition) is 2. The zero-order valence-electron chi connectivity index (χ0n) is 17.2. The SMILES string of the molecule is COc1ccccc1CNCc1c(C)n(Cc2ccccc2Cl)c2ccccc12.Cl. The van der Waals surface area contributed by atoms with Crippen LogP contribution in [-0.2, 0) is 19.6 Å². The van der Waals surface area contributed by atoms with Crippen molar-refractivity contribution in [1.29, 1.82) is 0 Å². The third-order valence-corrected chi connectivity index (χ3v) is 5.83. The van der Waals surface area contributed by atoms with E-state index in [0.29, 0.717) is 0 Å². The van der Waals surface area contributed by atoms with E-state index in [1.807, 2.05) is 36.4 Å². The highest BCUT2D eigenvalue weighted by atomic mass is 35.5. The minimum atomic E-state index is 0. The molecule has 1 aromatic heterocycles. The first-order valence-corrected chi connectivity index (χ1v) is 10.2. The van der Waals surface area contributed by atoms with Crippen LogP contribution in [0.2, 0.25) is 5.02 Å². The third-order valence-electron chi connectivity index (χ3n) is 5.46. The molecule has 0 aliphatic rings. The van der Waals surface area contributed by atoms with E-state index in [1.54, 1.807) is 7.11 Å².